The van der Waals surface area contributed by atoms with E-state index in [9.17, 15) is 4.79 Å². The molecule has 2 fully saturated rings. The maximum Gasteiger partial charge on any atom is 0.234 e. The largest absolute Gasteiger partial charge is 0.379 e. The van der Waals surface area contributed by atoms with Gasteiger partial charge in [-0.1, -0.05) is 42.5 Å². The molecule has 2 atom stereocenters. The Morgan fingerprint density at radius 3 is 2.50 bits per heavy atom. The maximum atomic E-state index is 13.0. The second-order valence-corrected chi connectivity index (χ2v) is 10.5. The number of aromatic nitrogens is 1. The molecule has 1 N–H and O–H groups in total. The number of benzene rings is 2. The van der Waals surface area contributed by atoms with Gasteiger partial charge in [0.2, 0.25) is 5.91 Å². The predicted molar refractivity (Wildman–Crippen MR) is 137 cm³/mol. The highest BCUT2D eigenvalue weighted by Crippen LogP contribution is 2.33. The molecular weight excluding hydrogens is 444 g/mol. The lowest BCUT2D eigenvalue weighted by atomic mass is 9.97. The number of ether oxygens (including phenoxy) is 1. The third-order valence-corrected chi connectivity index (χ3v) is 8.26. The van der Waals surface area contributed by atoms with Gasteiger partial charge in [-0.15, -0.1) is 11.3 Å². The van der Waals surface area contributed by atoms with Gasteiger partial charge < -0.3 is 10.1 Å². The van der Waals surface area contributed by atoms with Crippen LogP contribution in [0.3, 0.4) is 0 Å². The highest BCUT2D eigenvalue weighted by atomic mass is 32.1. The first-order valence-electron chi connectivity index (χ1n) is 12.4. The van der Waals surface area contributed by atoms with Gasteiger partial charge in [-0.3, -0.25) is 14.6 Å². The standard InChI is InChI=1S/C27H34N4O2S/c1-20(26(21-7-3-2-4-8-21)31-15-17-33-18-16-31)28-25(32)19-30-13-11-22(12-14-30)27-29-23-9-5-6-10-24(23)34-27/h2-10,20,22,26H,11-19H2,1H3,(H,28,32)/t20-,26+/m1/s1. The van der Waals surface area contributed by atoms with Crippen molar-refractivity contribution in [1.29, 1.82) is 0 Å². The first-order valence-corrected chi connectivity index (χ1v) is 13.2. The van der Waals surface area contributed by atoms with Crippen molar-refractivity contribution in [3.8, 4) is 0 Å². The number of carbonyl (C=O) groups is 1. The first kappa shape index (κ1) is 23.4. The van der Waals surface area contributed by atoms with Crippen LogP contribution in [0.4, 0.5) is 0 Å². The number of nitrogens with one attached hydrogen (secondary N) is 1. The van der Waals surface area contributed by atoms with Crippen molar-refractivity contribution in [2.24, 2.45) is 0 Å². The molecule has 0 saturated carbocycles. The Morgan fingerprint density at radius 2 is 1.76 bits per heavy atom. The lowest BCUT2D eigenvalue weighted by Gasteiger charge is -2.38. The number of morpholine rings is 1. The quantitative estimate of drug-likeness (QED) is 0.555. The van der Waals surface area contributed by atoms with Crippen LogP contribution in [0.15, 0.2) is 54.6 Å². The lowest BCUT2D eigenvalue weighted by Crippen LogP contribution is -2.50. The third kappa shape index (κ3) is 5.49. The summed E-state index contributed by atoms with van der Waals surface area (Å²) in [7, 11) is 0. The van der Waals surface area contributed by atoms with Gasteiger partial charge in [-0.2, -0.15) is 0 Å². The van der Waals surface area contributed by atoms with Gasteiger partial charge in [-0.25, -0.2) is 4.98 Å². The zero-order valence-corrected chi connectivity index (χ0v) is 20.7. The number of amides is 1. The summed E-state index contributed by atoms with van der Waals surface area (Å²) in [4.78, 5) is 22.6. The van der Waals surface area contributed by atoms with Crippen LogP contribution in [0.2, 0.25) is 0 Å². The van der Waals surface area contributed by atoms with E-state index in [1.165, 1.54) is 15.3 Å². The summed E-state index contributed by atoms with van der Waals surface area (Å²) in [5.74, 6) is 0.611. The third-order valence-electron chi connectivity index (χ3n) is 7.06. The Bertz CT molecular complexity index is 1040. The summed E-state index contributed by atoms with van der Waals surface area (Å²) in [5, 5.41) is 4.56. The molecular formula is C27H34N4O2S. The summed E-state index contributed by atoms with van der Waals surface area (Å²) in [6.07, 6.45) is 2.12. The molecule has 1 amide bonds. The molecule has 2 aliphatic heterocycles. The number of para-hydroxylation sites is 1. The van der Waals surface area contributed by atoms with Gasteiger partial charge in [0.1, 0.15) is 0 Å². The molecule has 1 aromatic heterocycles. The van der Waals surface area contributed by atoms with Crippen molar-refractivity contribution < 1.29 is 9.53 Å². The monoisotopic (exact) mass is 478 g/mol. The molecule has 3 aromatic rings. The maximum absolute atomic E-state index is 13.0. The van der Waals surface area contributed by atoms with Crippen LogP contribution < -0.4 is 5.32 Å². The van der Waals surface area contributed by atoms with Gasteiger partial charge in [0.25, 0.3) is 0 Å². The van der Waals surface area contributed by atoms with Crippen LogP contribution >= 0.6 is 11.3 Å². The van der Waals surface area contributed by atoms with E-state index in [2.05, 4.69) is 70.6 Å². The van der Waals surface area contributed by atoms with Gasteiger partial charge in [0.15, 0.2) is 0 Å². The van der Waals surface area contributed by atoms with E-state index in [0.29, 0.717) is 12.5 Å². The molecule has 6 nitrogen and oxygen atoms in total. The molecule has 0 radical (unpaired) electrons. The normalized spacial score (nSPS) is 20.3. The number of fused-ring (bicyclic) bond motifs is 1. The highest BCUT2D eigenvalue weighted by molar-refractivity contribution is 7.18. The highest BCUT2D eigenvalue weighted by Gasteiger charge is 2.30. The average Bonchev–Trinajstić information content (AvgIpc) is 3.30. The Balaban J connectivity index is 1.16. The molecule has 0 aliphatic carbocycles. The second kappa shape index (κ2) is 11.0. The van der Waals surface area contributed by atoms with E-state index in [4.69, 9.17) is 9.72 Å². The van der Waals surface area contributed by atoms with Crippen LogP contribution in [-0.2, 0) is 9.53 Å². The van der Waals surface area contributed by atoms with Crippen LogP contribution in [0.1, 0.15) is 42.3 Å². The average molecular weight is 479 g/mol. The van der Waals surface area contributed by atoms with Gasteiger partial charge in [0.05, 0.1) is 41.0 Å². The van der Waals surface area contributed by atoms with Crippen molar-refractivity contribution in [3.05, 3.63) is 65.2 Å². The lowest BCUT2D eigenvalue weighted by molar-refractivity contribution is -0.123. The minimum atomic E-state index is 0.0216. The molecule has 180 valence electrons. The number of piperidine rings is 1. The van der Waals surface area contributed by atoms with Crippen LogP contribution in [0, 0.1) is 0 Å². The van der Waals surface area contributed by atoms with E-state index in [0.717, 1.165) is 57.8 Å². The van der Waals surface area contributed by atoms with E-state index in [1.807, 2.05) is 17.4 Å². The van der Waals surface area contributed by atoms with E-state index in [-0.39, 0.29) is 18.0 Å². The number of hydrogen-bond donors (Lipinski definition) is 1. The Morgan fingerprint density at radius 1 is 1.06 bits per heavy atom. The fourth-order valence-electron chi connectivity index (χ4n) is 5.31. The number of rotatable bonds is 7. The molecule has 0 spiro atoms. The number of hydrogen-bond acceptors (Lipinski definition) is 6. The number of nitrogens with zero attached hydrogens (tertiary/aromatic N) is 3. The predicted octanol–water partition coefficient (Wildman–Crippen LogP) is 4.05. The van der Waals surface area contributed by atoms with Crippen molar-refractivity contribution in [2.45, 2.75) is 37.8 Å². The summed E-state index contributed by atoms with van der Waals surface area (Å²) in [6, 6.07) is 19.1. The van der Waals surface area contributed by atoms with E-state index in [1.54, 1.807) is 0 Å². The Hall–Kier alpha value is -2.32. The molecule has 2 saturated heterocycles. The molecule has 34 heavy (non-hydrogen) atoms. The number of thiazole rings is 1. The van der Waals surface area contributed by atoms with Crippen LogP contribution in [-0.4, -0.2) is 72.7 Å². The van der Waals surface area contributed by atoms with Crippen molar-refractivity contribution in [2.75, 3.05) is 45.9 Å². The molecule has 2 aliphatic rings. The molecule has 0 bridgehead atoms. The molecule has 0 unspecified atom stereocenters. The van der Waals surface area contributed by atoms with Crippen molar-refractivity contribution in [1.82, 2.24) is 20.1 Å². The molecule has 2 aromatic carbocycles. The summed E-state index contributed by atoms with van der Waals surface area (Å²) >= 11 is 1.82. The zero-order valence-electron chi connectivity index (χ0n) is 19.9. The first-order chi connectivity index (χ1) is 16.7. The Kier molecular flexibility index (Phi) is 7.54. The Labute approximate surface area is 205 Å². The summed E-state index contributed by atoms with van der Waals surface area (Å²) in [6.45, 7) is 7.73. The molecule has 3 heterocycles. The minimum absolute atomic E-state index is 0.0216. The van der Waals surface area contributed by atoms with Crippen molar-refractivity contribution >= 4 is 27.5 Å². The fraction of sp³-hybridized carbons (Fsp3) is 0.481. The minimum Gasteiger partial charge on any atom is -0.379 e. The van der Waals surface area contributed by atoms with E-state index < -0.39 is 0 Å². The van der Waals surface area contributed by atoms with Crippen molar-refractivity contribution in [3.63, 3.8) is 0 Å². The number of carbonyl (C=O) groups excluding carboxylic acids is 1. The molecule has 5 rings (SSSR count). The topological polar surface area (TPSA) is 57.7 Å². The van der Waals surface area contributed by atoms with Crippen LogP contribution in [0.5, 0.6) is 0 Å². The smallest absolute Gasteiger partial charge is 0.234 e. The second-order valence-electron chi connectivity index (χ2n) is 9.43. The van der Waals surface area contributed by atoms with Gasteiger partial charge in [0, 0.05) is 25.0 Å². The van der Waals surface area contributed by atoms with Gasteiger partial charge in [-0.05, 0) is 50.6 Å². The number of likely N-dealkylation sites (tertiary alicyclic amines) is 1. The van der Waals surface area contributed by atoms with Gasteiger partial charge >= 0.3 is 0 Å². The summed E-state index contributed by atoms with van der Waals surface area (Å²) in [5.41, 5.74) is 2.35. The van der Waals surface area contributed by atoms with E-state index >= 15 is 0 Å². The SMILES string of the molecule is C[C@@H](NC(=O)CN1CCC(c2nc3ccccc3s2)CC1)[C@@H](c1ccccc1)N1CCOCC1. The molecule has 7 heteroatoms. The zero-order chi connectivity index (χ0) is 23.3. The summed E-state index contributed by atoms with van der Waals surface area (Å²) < 4.78 is 6.83. The fourth-order valence-corrected chi connectivity index (χ4v) is 6.44. The van der Waals surface area contributed by atoms with Crippen LogP contribution in [0.25, 0.3) is 10.2 Å².